The van der Waals surface area contributed by atoms with E-state index in [1.807, 2.05) is 6.07 Å². The number of hydrogen-bond acceptors (Lipinski definition) is 3. The molecule has 0 aromatic heterocycles. The monoisotopic (exact) mass is 272 g/mol. The van der Waals surface area contributed by atoms with Crippen molar-refractivity contribution in [3.63, 3.8) is 0 Å². The summed E-state index contributed by atoms with van der Waals surface area (Å²) in [6.45, 7) is 0.268. The van der Waals surface area contributed by atoms with E-state index in [2.05, 4.69) is 0 Å². The molecular formula is C11H13ClN2O2S. The molecule has 1 rings (SSSR count). The second-order valence-electron chi connectivity index (χ2n) is 3.49. The maximum Gasteiger partial charge on any atom is 0.242 e. The maximum absolute atomic E-state index is 12.0. The first-order valence-electron chi connectivity index (χ1n) is 5.00. The van der Waals surface area contributed by atoms with E-state index < -0.39 is 10.0 Å². The van der Waals surface area contributed by atoms with Gasteiger partial charge in [-0.15, -0.1) is 11.6 Å². The number of hydrogen-bond donors (Lipinski definition) is 0. The van der Waals surface area contributed by atoms with Crippen LogP contribution in [0.5, 0.6) is 0 Å². The zero-order chi connectivity index (χ0) is 12.9. The van der Waals surface area contributed by atoms with Crippen molar-refractivity contribution in [1.29, 1.82) is 5.26 Å². The van der Waals surface area contributed by atoms with Crippen LogP contribution in [0.15, 0.2) is 29.2 Å². The van der Waals surface area contributed by atoms with Crippen molar-refractivity contribution in [2.75, 3.05) is 19.5 Å². The van der Waals surface area contributed by atoms with Gasteiger partial charge in [0, 0.05) is 19.5 Å². The van der Waals surface area contributed by atoms with E-state index in [-0.39, 0.29) is 23.7 Å². The lowest BCUT2D eigenvalue weighted by Crippen LogP contribution is -2.28. The normalized spacial score (nSPS) is 11.4. The van der Waals surface area contributed by atoms with Gasteiger partial charge in [-0.25, -0.2) is 8.42 Å². The Morgan fingerprint density at radius 2 is 1.94 bits per heavy atom. The molecular weight excluding hydrogens is 260 g/mol. The Balaban J connectivity index is 2.97. The fourth-order valence-corrected chi connectivity index (χ4v) is 2.82. The van der Waals surface area contributed by atoms with E-state index >= 15 is 0 Å². The lowest BCUT2D eigenvalue weighted by molar-refractivity contribution is 0.488. The van der Waals surface area contributed by atoms with Crippen LogP contribution in [0.2, 0.25) is 0 Å². The highest BCUT2D eigenvalue weighted by molar-refractivity contribution is 7.89. The second kappa shape index (κ2) is 6.01. The Hall–Kier alpha value is -1.09. The average Bonchev–Trinajstić information content (AvgIpc) is 2.30. The Labute approximate surface area is 106 Å². The summed E-state index contributed by atoms with van der Waals surface area (Å²) in [5.74, 6) is 0.252. The first-order valence-corrected chi connectivity index (χ1v) is 6.98. The van der Waals surface area contributed by atoms with Crippen LogP contribution < -0.4 is 0 Å². The summed E-state index contributed by atoms with van der Waals surface area (Å²) in [5.41, 5.74) is 0.798. The van der Waals surface area contributed by atoms with Crippen molar-refractivity contribution in [1.82, 2.24) is 4.31 Å². The minimum Gasteiger partial charge on any atom is -0.207 e. The molecule has 0 heterocycles. The third kappa shape index (κ3) is 3.43. The number of benzene rings is 1. The number of nitriles is 1. The van der Waals surface area contributed by atoms with Crippen molar-refractivity contribution in [2.45, 2.75) is 11.3 Å². The van der Waals surface area contributed by atoms with E-state index in [1.54, 1.807) is 12.1 Å². The summed E-state index contributed by atoms with van der Waals surface area (Å²) in [6.07, 6.45) is 0.276. The summed E-state index contributed by atoms with van der Waals surface area (Å²) in [4.78, 5) is 0.215. The molecule has 0 bridgehead atoms. The largest absolute Gasteiger partial charge is 0.242 e. The van der Waals surface area contributed by atoms with Crippen LogP contribution >= 0.6 is 11.6 Å². The van der Waals surface area contributed by atoms with Gasteiger partial charge >= 0.3 is 0 Å². The molecule has 0 saturated heterocycles. The molecule has 4 nitrogen and oxygen atoms in total. The molecule has 0 saturated carbocycles. The Morgan fingerprint density at radius 1 is 1.35 bits per heavy atom. The summed E-state index contributed by atoms with van der Waals surface area (Å²) in [5, 5.41) is 8.52. The molecule has 0 atom stereocenters. The summed E-state index contributed by atoms with van der Waals surface area (Å²) < 4.78 is 25.2. The van der Waals surface area contributed by atoms with Crippen molar-refractivity contribution >= 4 is 21.6 Å². The van der Waals surface area contributed by atoms with Crippen molar-refractivity contribution < 1.29 is 8.42 Å². The number of alkyl halides is 1. The molecule has 0 N–H and O–H groups in total. The van der Waals surface area contributed by atoms with Crippen LogP contribution in [-0.4, -0.2) is 32.2 Å². The second-order valence-corrected chi connectivity index (χ2v) is 5.92. The van der Waals surface area contributed by atoms with Gasteiger partial charge in [-0.2, -0.15) is 9.57 Å². The van der Waals surface area contributed by atoms with Gasteiger partial charge in [0.05, 0.1) is 17.4 Å². The van der Waals surface area contributed by atoms with Crippen LogP contribution in [0.3, 0.4) is 0 Å². The van der Waals surface area contributed by atoms with Crippen LogP contribution in [0.4, 0.5) is 0 Å². The minimum atomic E-state index is -3.47. The molecule has 0 amide bonds. The highest BCUT2D eigenvalue weighted by atomic mass is 35.5. The summed E-state index contributed by atoms with van der Waals surface area (Å²) in [7, 11) is -1.98. The fraction of sp³-hybridized carbons (Fsp3) is 0.364. The third-order valence-electron chi connectivity index (χ3n) is 2.31. The van der Waals surface area contributed by atoms with Gasteiger partial charge in [0.15, 0.2) is 0 Å². The third-order valence-corrected chi connectivity index (χ3v) is 4.35. The highest BCUT2D eigenvalue weighted by Crippen LogP contribution is 2.15. The molecule has 1 aromatic carbocycles. The zero-order valence-electron chi connectivity index (χ0n) is 9.43. The summed E-state index contributed by atoms with van der Waals surface area (Å²) >= 11 is 5.51. The number of nitrogens with zero attached hydrogens (tertiary/aromatic N) is 2. The topological polar surface area (TPSA) is 61.2 Å². The van der Waals surface area contributed by atoms with E-state index in [4.69, 9.17) is 16.9 Å². The smallest absolute Gasteiger partial charge is 0.207 e. The lowest BCUT2D eigenvalue weighted by Gasteiger charge is -2.15. The van der Waals surface area contributed by atoms with E-state index in [1.165, 1.54) is 23.5 Å². The molecule has 6 heteroatoms. The molecule has 0 aliphatic heterocycles. The Kier molecular flexibility index (Phi) is 4.94. The molecule has 17 heavy (non-hydrogen) atoms. The molecule has 1 aromatic rings. The van der Waals surface area contributed by atoms with Crippen molar-refractivity contribution in [2.24, 2.45) is 0 Å². The fourth-order valence-electron chi connectivity index (χ4n) is 1.29. The maximum atomic E-state index is 12.0. The number of rotatable bonds is 5. The van der Waals surface area contributed by atoms with Crippen LogP contribution in [0, 0.1) is 11.3 Å². The van der Waals surface area contributed by atoms with Gasteiger partial charge in [0.25, 0.3) is 0 Å². The number of sulfonamides is 1. The van der Waals surface area contributed by atoms with Gasteiger partial charge in [-0.05, 0) is 17.7 Å². The number of halogens is 1. The van der Waals surface area contributed by atoms with Crippen LogP contribution in [-0.2, 0) is 16.4 Å². The van der Waals surface area contributed by atoms with Gasteiger partial charge in [-0.3, -0.25) is 0 Å². The Bertz CT molecular complexity index is 505. The van der Waals surface area contributed by atoms with Crippen LogP contribution in [0.25, 0.3) is 0 Å². The molecule has 0 unspecified atom stereocenters. The van der Waals surface area contributed by atoms with Gasteiger partial charge in [0.2, 0.25) is 10.0 Å². The van der Waals surface area contributed by atoms with Crippen molar-refractivity contribution in [3.8, 4) is 6.07 Å². The SMILES string of the molecule is CN(CCCl)S(=O)(=O)c1ccc(CC#N)cc1. The minimum absolute atomic E-state index is 0.215. The quantitative estimate of drug-likeness (QED) is 0.765. The predicted octanol–water partition coefficient (Wildman–Crippen LogP) is 1.61. The van der Waals surface area contributed by atoms with Gasteiger partial charge in [0.1, 0.15) is 0 Å². The van der Waals surface area contributed by atoms with Crippen LogP contribution in [0.1, 0.15) is 5.56 Å². The highest BCUT2D eigenvalue weighted by Gasteiger charge is 2.19. The molecule has 0 aliphatic carbocycles. The standard InChI is InChI=1S/C11H13ClN2O2S/c1-14(9-7-12)17(15,16)11-4-2-10(3-5-11)6-8-13/h2-5H,6-7,9H2,1H3. The Morgan fingerprint density at radius 3 is 2.41 bits per heavy atom. The first kappa shape index (κ1) is 14.0. The molecule has 0 fully saturated rings. The van der Waals surface area contributed by atoms with Crippen molar-refractivity contribution in [3.05, 3.63) is 29.8 Å². The lowest BCUT2D eigenvalue weighted by atomic mass is 10.2. The summed E-state index contributed by atoms with van der Waals surface area (Å²) in [6, 6.07) is 8.31. The van der Waals surface area contributed by atoms with E-state index in [9.17, 15) is 8.42 Å². The van der Waals surface area contributed by atoms with Gasteiger partial charge < -0.3 is 0 Å². The predicted molar refractivity (Wildman–Crippen MR) is 66.3 cm³/mol. The van der Waals surface area contributed by atoms with E-state index in [0.29, 0.717) is 0 Å². The molecule has 0 spiro atoms. The van der Waals surface area contributed by atoms with E-state index in [0.717, 1.165) is 5.56 Å². The first-order chi connectivity index (χ1) is 8.02. The molecule has 92 valence electrons. The molecule has 0 radical (unpaired) electrons. The average molecular weight is 273 g/mol. The van der Waals surface area contributed by atoms with Gasteiger partial charge in [-0.1, -0.05) is 12.1 Å². The molecule has 0 aliphatic rings. The zero-order valence-corrected chi connectivity index (χ0v) is 11.0.